The summed E-state index contributed by atoms with van der Waals surface area (Å²) < 4.78 is 1.88. The first kappa shape index (κ1) is 11.9. The predicted molar refractivity (Wildman–Crippen MR) is 78.8 cm³/mol. The molecule has 21 heavy (non-hydrogen) atoms. The van der Waals surface area contributed by atoms with E-state index in [9.17, 15) is 4.79 Å². The molecule has 0 atom stereocenters. The second kappa shape index (κ2) is 4.31. The van der Waals surface area contributed by atoms with Crippen LogP contribution in [0.25, 0.3) is 16.9 Å². The first-order valence-electron chi connectivity index (χ1n) is 6.73. The second-order valence-corrected chi connectivity index (χ2v) is 5.12. The number of nitrogens with zero attached hydrogens (tertiary/aromatic N) is 2. The minimum absolute atomic E-state index is 0.281. The molecule has 0 unspecified atom stereocenters. The van der Waals surface area contributed by atoms with Gasteiger partial charge in [-0.25, -0.2) is 9.48 Å². The van der Waals surface area contributed by atoms with Crippen molar-refractivity contribution in [3.63, 3.8) is 0 Å². The van der Waals surface area contributed by atoms with Crippen molar-refractivity contribution in [1.29, 1.82) is 0 Å². The molecule has 1 aliphatic carbocycles. The van der Waals surface area contributed by atoms with Gasteiger partial charge >= 0.3 is 5.97 Å². The van der Waals surface area contributed by atoms with E-state index in [4.69, 9.17) is 5.11 Å². The maximum Gasteiger partial charge on any atom is 0.335 e. The number of carboxylic acids is 1. The third-order valence-corrected chi connectivity index (χ3v) is 3.86. The molecule has 4 rings (SSSR count). The number of benzene rings is 2. The normalized spacial score (nSPS) is 12.0. The Kier molecular flexibility index (Phi) is 2.44. The molecule has 0 saturated carbocycles. The summed E-state index contributed by atoms with van der Waals surface area (Å²) in [4.78, 5) is 10.9. The van der Waals surface area contributed by atoms with Crippen molar-refractivity contribution in [2.24, 2.45) is 0 Å². The van der Waals surface area contributed by atoms with Gasteiger partial charge in [0, 0.05) is 17.5 Å². The van der Waals surface area contributed by atoms with Crippen LogP contribution in [0.2, 0.25) is 0 Å². The Morgan fingerprint density at radius 3 is 2.57 bits per heavy atom. The van der Waals surface area contributed by atoms with Crippen molar-refractivity contribution in [2.45, 2.75) is 6.42 Å². The van der Waals surface area contributed by atoms with E-state index in [1.54, 1.807) is 24.3 Å². The molecule has 2 aromatic carbocycles. The van der Waals surface area contributed by atoms with E-state index < -0.39 is 5.97 Å². The summed E-state index contributed by atoms with van der Waals surface area (Å²) in [6.07, 6.45) is 2.79. The van der Waals surface area contributed by atoms with Crippen LogP contribution in [-0.2, 0) is 6.42 Å². The Morgan fingerprint density at radius 1 is 1.05 bits per heavy atom. The summed E-state index contributed by atoms with van der Waals surface area (Å²) in [7, 11) is 0. The summed E-state index contributed by atoms with van der Waals surface area (Å²) in [5.41, 5.74) is 5.97. The fourth-order valence-corrected chi connectivity index (χ4v) is 2.85. The highest BCUT2D eigenvalue weighted by Gasteiger charge is 2.23. The fourth-order valence-electron chi connectivity index (χ4n) is 2.85. The summed E-state index contributed by atoms with van der Waals surface area (Å²) in [5, 5.41) is 13.4. The molecule has 1 N–H and O–H groups in total. The number of carbonyl (C=O) groups is 1. The van der Waals surface area contributed by atoms with Crippen LogP contribution in [0.3, 0.4) is 0 Å². The lowest BCUT2D eigenvalue weighted by Gasteiger charge is -2.07. The van der Waals surface area contributed by atoms with Crippen molar-refractivity contribution >= 4 is 5.97 Å². The first-order valence-corrected chi connectivity index (χ1v) is 6.73. The lowest BCUT2D eigenvalue weighted by molar-refractivity contribution is 0.0697. The van der Waals surface area contributed by atoms with Crippen molar-refractivity contribution in [1.82, 2.24) is 9.78 Å². The molecule has 0 radical (unpaired) electrons. The van der Waals surface area contributed by atoms with Crippen LogP contribution < -0.4 is 0 Å². The standard InChI is InChI=1S/C17H12N2O2/c20-17(21)11-5-7-14(8-6-11)19-16-13(10-18-19)9-12-3-1-2-4-15(12)16/h1-8,10H,9H2,(H,20,21). The molecule has 0 saturated heterocycles. The number of aromatic nitrogens is 2. The van der Waals surface area contributed by atoms with Crippen LogP contribution in [0.4, 0.5) is 0 Å². The van der Waals surface area contributed by atoms with Crippen molar-refractivity contribution in [3.8, 4) is 16.9 Å². The molecule has 4 heteroatoms. The van der Waals surface area contributed by atoms with Crippen molar-refractivity contribution in [3.05, 3.63) is 71.4 Å². The van der Waals surface area contributed by atoms with Gasteiger partial charge in [0.25, 0.3) is 0 Å². The molecular weight excluding hydrogens is 264 g/mol. The molecule has 1 aromatic heterocycles. The predicted octanol–water partition coefficient (Wildman–Crippen LogP) is 3.14. The molecule has 102 valence electrons. The van der Waals surface area contributed by atoms with Crippen molar-refractivity contribution < 1.29 is 9.90 Å². The van der Waals surface area contributed by atoms with E-state index >= 15 is 0 Å². The smallest absolute Gasteiger partial charge is 0.335 e. The van der Waals surface area contributed by atoms with Gasteiger partial charge in [0.05, 0.1) is 23.1 Å². The maximum absolute atomic E-state index is 10.9. The highest BCUT2D eigenvalue weighted by molar-refractivity contribution is 5.87. The number of fused-ring (bicyclic) bond motifs is 3. The molecule has 0 amide bonds. The molecule has 0 spiro atoms. The van der Waals surface area contributed by atoms with E-state index in [0.717, 1.165) is 17.8 Å². The molecule has 3 aromatic rings. The van der Waals surface area contributed by atoms with E-state index in [2.05, 4.69) is 17.2 Å². The molecule has 4 nitrogen and oxygen atoms in total. The topological polar surface area (TPSA) is 55.1 Å². The van der Waals surface area contributed by atoms with Crippen LogP contribution in [0.1, 0.15) is 21.5 Å². The summed E-state index contributed by atoms with van der Waals surface area (Å²) >= 11 is 0. The number of hydrogen-bond donors (Lipinski definition) is 1. The Bertz CT molecular complexity index is 847. The molecule has 0 aliphatic heterocycles. The zero-order chi connectivity index (χ0) is 14.4. The fraction of sp³-hybridized carbons (Fsp3) is 0.0588. The molecule has 1 aliphatic rings. The second-order valence-electron chi connectivity index (χ2n) is 5.12. The number of aromatic carboxylic acids is 1. The SMILES string of the molecule is O=C(O)c1ccc(-n2ncc3c2-c2ccccc2C3)cc1. The summed E-state index contributed by atoms with van der Waals surface area (Å²) in [6.45, 7) is 0. The van der Waals surface area contributed by atoms with Gasteiger partial charge in [-0.1, -0.05) is 24.3 Å². The average molecular weight is 276 g/mol. The number of rotatable bonds is 2. The van der Waals surface area contributed by atoms with E-state index in [1.165, 1.54) is 16.7 Å². The monoisotopic (exact) mass is 276 g/mol. The highest BCUT2D eigenvalue weighted by atomic mass is 16.4. The third kappa shape index (κ3) is 1.76. The van der Waals surface area contributed by atoms with E-state index in [0.29, 0.717) is 0 Å². The van der Waals surface area contributed by atoms with Crippen LogP contribution in [0.5, 0.6) is 0 Å². The van der Waals surface area contributed by atoms with Gasteiger partial charge < -0.3 is 5.11 Å². The maximum atomic E-state index is 10.9. The third-order valence-electron chi connectivity index (χ3n) is 3.86. The molecule has 1 heterocycles. The van der Waals surface area contributed by atoms with Gasteiger partial charge in [-0.05, 0) is 29.8 Å². The lowest BCUT2D eigenvalue weighted by atomic mass is 10.1. The largest absolute Gasteiger partial charge is 0.478 e. The Hall–Kier alpha value is -2.88. The zero-order valence-electron chi connectivity index (χ0n) is 11.2. The summed E-state index contributed by atoms with van der Waals surface area (Å²) in [6, 6.07) is 15.1. The highest BCUT2D eigenvalue weighted by Crippen LogP contribution is 2.37. The number of hydrogen-bond acceptors (Lipinski definition) is 2. The van der Waals surface area contributed by atoms with Gasteiger partial charge in [-0.2, -0.15) is 5.10 Å². The van der Waals surface area contributed by atoms with Crippen LogP contribution in [0.15, 0.2) is 54.7 Å². The van der Waals surface area contributed by atoms with Gasteiger partial charge in [-0.3, -0.25) is 0 Å². The van der Waals surface area contributed by atoms with Crippen LogP contribution >= 0.6 is 0 Å². The van der Waals surface area contributed by atoms with Gasteiger partial charge in [-0.15, -0.1) is 0 Å². The average Bonchev–Trinajstić information content (AvgIpc) is 3.06. The minimum atomic E-state index is -0.919. The zero-order valence-corrected chi connectivity index (χ0v) is 11.2. The van der Waals surface area contributed by atoms with Gasteiger partial charge in [0.1, 0.15) is 0 Å². The number of carboxylic acid groups (broad SMARTS) is 1. The van der Waals surface area contributed by atoms with Gasteiger partial charge in [0.15, 0.2) is 0 Å². The van der Waals surface area contributed by atoms with Gasteiger partial charge in [0.2, 0.25) is 0 Å². The summed E-state index contributed by atoms with van der Waals surface area (Å²) in [5.74, 6) is -0.919. The Labute approximate surface area is 121 Å². The van der Waals surface area contributed by atoms with E-state index in [-0.39, 0.29) is 5.56 Å². The van der Waals surface area contributed by atoms with Crippen molar-refractivity contribution in [2.75, 3.05) is 0 Å². The van der Waals surface area contributed by atoms with Crippen LogP contribution in [0, 0.1) is 0 Å². The van der Waals surface area contributed by atoms with E-state index in [1.807, 2.05) is 23.0 Å². The molecular formula is C17H12N2O2. The Balaban J connectivity index is 1.84. The quantitative estimate of drug-likeness (QED) is 0.612. The molecule has 0 bridgehead atoms. The Morgan fingerprint density at radius 2 is 1.81 bits per heavy atom. The lowest BCUT2D eigenvalue weighted by Crippen LogP contribution is -2.01. The van der Waals surface area contributed by atoms with Crippen LogP contribution in [-0.4, -0.2) is 20.9 Å². The molecule has 0 fully saturated rings. The first-order chi connectivity index (χ1) is 10.2. The minimum Gasteiger partial charge on any atom is -0.478 e.